The first-order valence-corrected chi connectivity index (χ1v) is 7.54. The summed E-state index contributed by atoms with van der Waals surface area (Å²) >= 11 is 0. The zero-order valence-electron chi connectivity index (χ0n) is 11.6. The second-order valence-corrected chi connectivity index (χ2v) is 5.83. The van der Waals surface area contributed by atoms with Crippen LogP contribution < -0.4 is 5.32 Å². The molecular formula is C12H9N3O8S. The number of hydrogen-bond acceptors (Lipinski definition) is 8. The van der Waals surface area contributed by atoms with Crippen LogP contribution in [-0.4, -0.2) is 27.9 Å². The Morgan fingerprint density at radius 1 is 0.958 bits per heavy atom. The zero-order chi connectivity index (χ0) is 18.1. The summed E-state index contributed by atoms with van der Waals surface area (Å²) in [7, 11) is -5.24. The van der Waals surface area contributed by atoms with Crippen molar-refractivity contribution in [2.75, 3.05) is 5.32 Å². The molecule has 0 aliphatic heterocycles. The summed E-state index contributed by atoms with van der Waals surface area (Å²) in [5, 5.41) is 33.8. The maximum absolute atomic E-state index is 11.4. The summed E-state index contributed by atoms with van der Waals surface area (Å²) in [6.45, 7) is 0. The van der Waals surface area contributed by atoms with Crippen molar-refractivity contribution in [3.8, 4) is 5.75 Å². The molecule has 24 heavy (non-hydrogen) atoms. The van der Waals surface area contributed by atoms with Crippen LogP contribution in [-0.2, 0) is 10.1 Å². The van der Waals surface area contributed by atoms with Crippen LogP contribution in [0, 0.1) is 20.2 Å². The predicted molar refractivity (Wildman–Crippen MR) is 81.0 cm³/mol. The Hall–Kier alpha value is -3.25. The summed E-state index contributed by atoms with van der Waals surface area (Å²) < 4.78 is 32.0. The quantitative estimate of drug-likeness (QED) is 0.314. The van der Waals surface area contributed by atoms with Gasteiger partial charge in [-0.15, -0.1) is 0 Å². The fourth-order valence-corrected chi connectivity index (χ4v) is 2.78. The van der Waals surface area contributed by atoms with E-state index < -0.39 is 36.2 Å². The predicted octanol–water partition coefficient (Wildman–Crippen LogP) is 2.20. The Morgan fingerprint density at radius 3 is 2.00 bits per heavy atom. The average molecular weight is 355 g/mol. The van der Waals surface area contributed by atoms with Gasteiger partial charge in [0.2, 0.25) is 0 Å². The lowest BCUT2D eigenvalue weighted by Crippen LogP contribution is -2.09. The monoisotopic (exact) mass is 355 g/mol. The smallest absolute Gasteiger partial charge is 0.320 e. The highest BCUT2D eigenvalue weighted by Gasteiger charge is 2.37. The molecule has 0 saturated heterocycles. The van der Waals surface area contributed by atoms with E-state index in [-0.39, 0.29) is 17.1 Å². The van der Waals surface area contributed by atoms with Gasteiger partial charge in [0, 0.05) is 11.8 Å². The number of anilines is 2. The minimum atomic E-state index is -5.24. The number of hydrogen-bond donors (Lipinski definition) is 3. The van der Waals surface area contributed by atoms with Gasteiger partial charge in [-0.1, -0.05) is 0 Å². The molecule has 0 aromatic heterocycles. The SMILES string of the molecule is O=[N+]([O-])c1ccc(Nc2ccc(O)cc2)c([N+](=O)[O-])c1S(=O)(=O)O. The van der Waals surface area contributed by atoms with Crippen LogP contribution in [0.1, 0.15) is 0 Å². The Labute approximate surface area is 134 Å². The van der Waals surface area contributed by atoms with Crippen LogP contribution in [0.15, 0.2) is 41.3 Å². The van der Waals surface area contributed by atoms with E-state index in [0.717, 1.165) is 12.1 Å². The molecular weight excluding hydrogens is 346 g/mol. The zero-order valence-corrected chi connectivity index (χ0v) is 12.4. The van der Waals surface area contributed by atoms with E-state index in [1.807, 2.05) is 0 Å². The number of nitro benzene ring substituents is 2. The lowest BCUT2D eigenvalue weighted by molar-refractivity contribution is -0.399. The topological polar surface area (TPSA) is 173 Å². The van der Waals surface area contributed by atoms with E-state index in [1.54, 1.807) is 0 Å². The van der Waals surface area contributed by atoms with Crippen LogP contribution >= 0.6 is 0 Å². The summed E-state index contributed by atoms with van der Waals surface area (Å²) in [4.78, 5) is 18.4. The van der Waals surface area contributed by atoms with E-state index in [4.69, 9.17) is 0 Å². The number of nitrogens with zero attached hydrogens (tertiary/aromatic N) is 2. The highest BCUT2D eigenvalue weighted by molar-refractivity contribution is 7.86. The van der Waals surface area contributed by atoms with Gasteiger partial charge in [-0.25, -0.2) is 0 Å². The number of benzene rings is 2. The molecule has 0 bridgehead atoms. The Bertz CT molecular complexity index is 924. The molecule has 0 radical (unpaired) electrons. The molecule has 3 N–H and O–H groups in total. The maximum atomic E-state index is 11.4. The first kappa shape index (κ1) is 17.1. The largest absolute Gasteiger partial charge is 0.508 e. The molecule has 0 atom stereocenters. The van der Waals surface area contributed by atoms with Crippen LogP contribution in [0.3, 0.4) is 0 Å². The summed E-state index contributed by atoms with van der Waals surface area (Å²) in [5.74, 6) is -0.0719. The minimum Gasteiger partial charge on any atom is -0.508 e. The molecule has 0 amide bonds. The normalized spacial score (nSPS) is 11.0. The van der Waals surface area contributed by atoms with Crippen LogP contribution in [0.4, 0.5) is 22.7 Å². The number of aromatic hydroxyl groups is 1. The van der Waals surface area contributed by atoms with Crippen LogP contribution in [0.5, 0.6) is 5.75 Å². The second kappa shape index (κ2) is 6.10. The summed E-state index contributed by atoms with van der Waals surface area (Å²) in [6, 6.07) is 6.88. The third-order valence-electron chi connectivity index (χ3n) is 2.89. The van der Waals surface area contributed by atoms with Crippen molar-refractivity contribution >= 4 is 32.9 Å². The van der Waals surface area contributed by atoms with Crippen molar-refractivity contribution in [3.63, 3.8) is 0 Å². The molecule has 0 heterocycles. The minimum absolute atomic E-state index is 0.0719. The molecule has 0 aliphatic carbocycles. The van der Waals surface area contributed by atoms with Gasteiger partial charge in [0.25, 0.3) is 10.6 Å². The second-order valence-electron chi connectivity index (χ2n) is 4.47. The van der Waals surface area contributed by atoms with Crippen molar-refractivity contribution < 1.29 is 27.9 Å². The van der Waals surface area contributed by atoms with Gasteiger partial charge in [-0.3, -0.25) is 24.8 Å². The molecule has 11 nitrogen and oxygen atoms in total. The Morgan fingerprint density at radius 2 is 1.54 bits per heavy atom. The lowest BCUT2D eigenvalue weighted by Gasteiger charge is -2.09. The third kappa shape index (κ3) is 3.39. The van der Waals surface area contributed by atoms with E-state index in [2.05, 4.69) is 5.32 Å². The molecule has 12 heteroatoms. The third-order valence-corrected chi connectivity index (χ3v) is 3.81. The lowest BCUT2D eigenvalue weighted by atomic mass is 10.2. The van der Waals surface area contributed by atoms with Gasteiger partial charge in [-0.05, 0) is 30.3 Å². The molecule has 0 fully saturated rings. The molecule has 0 unspecified atom stereocenters. The van der Waals surface area contributed by atoms with E-state index >= 15 is 0 Å². The highest BCUT2D eigenvalue weighted by Crippen LogP contribution is 2.39. The molecule has 126 valence electrons. The molecule has 0 saturated carbocycles. The van der Waals surface area contributed by atoms with Crippen molar-refractivity contribution in [2.45, 2.75) is 4.90 Å². The highest BCUT2D eigenvalue weighted by atomic mass is 32.2. The van der Waals surface area contributed by atoms with E-state index in [9.17, 15) is 38.3 Å². The van der Waals surface area contributed by atoms with E-state index in [1.165, 1.54) is 24.3 Å². The molecule has 0 spiro atoms. The number of nitro groups is 2. The van der Waals surface area contributed by atoms with E-state index in [0.29, 0.717) is 0 Å². The van der Waals surface area contributed by atoms with Crippen molar-refractivity contribution in [3.05, 3.63) is 56.6 Å². The Balaban J connectivity index is 2.71. The van der Waals surface area contributed by atoms with Crippen LogP contribution in [0.2, 0.25) is 0 Å². The first-order valence-electron chi connectivity index (χ1n) is 6.10. The van der Waals surface area contributed by atoms with Crippen molar-refractivity contribution in [1.82, 2.24) is 0 Å². The van der Waals surface area contributed by atoms with Gasteiger partial charge in [-0.2, -0.15) is 8.42 Å². The average Bonchev–Trinajstić information content (AvgIpc) is 2.47. The number of phenols is 1. The van der Waals surface area contributed by atoms with Gasteiger partial charge in [0.05, 0.1) is 9.85 Å². The van der Waals surface area contributed by atoms with Gasteiger partial charge >= 0.3 is 15.8 Å². The van der Waals surface area contributed by atoms with Gasteiger partial charge < -0.3 is 10.4 Å². The number of nitrogens with one attached hydrogen (secondary N) is 1. The van der Waals surface area contributed by atoms with Crippen molar-refractivity contribution in [1.29, 1.82) is 0 Å². The Kier molecular flexibility index (Phi) is 4.35. The molecule has 2 aromatic carbocycles. The van der Waals surface area contributed by atoms with Crippen molar-refractivity contribution in [2.24, 2.45) is 0 Å². The molecule has 2 aromatic rings. The first-order chi connectivity index (χ1) is 11.1. The summed E-state index contributed by atoms with van der Waals surface area (Å²) in [5.41, 5.74) is -2.44. The number of rotatable bonds is 5. The maximum Gasteiger partial charge on any atom is 0.320 e. The van der Waals surface area contributed by atoms with Gasteiger partial charge in [0.15, 0.2) is 0 Å². The number of phenolic OH excluding ortho intramolecular Hbond substituents is 1. The summed E-state index contributed by atoms with van der Waals surface area (Å²) in [6.07, 6.45) is 0. The molecule has 0 aliphatic rings. The van der Waals surface area contributed by atoms with Gasteiger partial charge in [0.1, 0.15) is 11.4 Å². The fraction of sp³-hybridized carbons (Fsp3) is 0. The standard InChI is InChI=1S/C12H9N3O8S/c16-8-3-1-7(2-4-8)13-9-5-6-10(14(17)18)12(24(21,22)23)11(9)15(19)20/h1-6,13,16H,(H,21,22,23). The van der Waals surface area contributed by atoms with Crippen LogP contribution in [0.25, 0.3) is 0 Å². The molecule has 2 rings (SSSR count). The fourth-order valence-electron chi connectivity index (χ4n) is 1.94.